The predicted octanol–water partition coefficient (Wildman–Crippen LogP) is 1.85. The highest BCUT2D eigenvalue weighted by atomic mass is 35.5. The third-order valence-electron chi connectivity index (χ3n) is 1.43. The zero-order valence-electron chi connectivity index (χ0n) is 5.30. The highest BCUT2D eigenvalue weighted by Crippen LogP contribution is 2.34. The Labute approximate surface area is 69.1 Å². The summed E-state index contributed by atoms with van der Waals surface area (Å²) >= 11 is 0.732. The molecule has 0 spiro atoms. The molecule has 0 bridgehead atoms. The topological polar surface area (TPSA) is 26.0 Å². The Morgan fingerprint density at radius 1 is 1.40 bits per heavy atom. The number of thioether (sulfide) groups is 1. The van der Waals surface area contributed by atoms with Crippen LogP contribution in [0.1, 0.15) is 12.8 Å². The van der Waals surface area contributed by atoms with Crippen LogP contribution in [-0.4, -0.2) is 17.0 Å². The van der Waals surface area contributed by atoms with Crippen LogP contribution < -0.4 is 5.73 Å². The molecule has 0 aromatic carbocycles. The fourth-order valence-corrected chi connectivity index (χ4v) is 1.87. The fourth-order valence-electron chi connectivity index (χ4n) is 0.863. The maximum Gasteiger partial charge on any atom is 0.284 e. The Bertz CT molecular complexity index is 97.6. The van der Waals surface area contributed by atoms with E-state index in [1.165, 1.54) is 0 Å². The van der Waals surface area contributed by atoms with Crippen LogP contribution in [-0.2, 0) is 0 Å². The van der Waals surface area contributed by atoms with Gasteiger partial charge in [-0.25, -0.2) is 0 Å². The van der Waals surface area contributed by atoms with Crippen LogP contribution in [0.5, 0.6) is 0 Å². The molecule has 1 nitrogen and oxygen atoms in total. The van der Waals surface area contributed by atoms with Crippen LogP contribution in [0, 0.1) is 0 Å². The lowest BCUT2D eigenvalue weighted by atomic mass is 9.94. The molecule has 0 heterocycles. The third kappa shape index (κ3) is 3.03. The van der Waals surface area contributed by atoms with Gasteiger partial charge >= 0.3 is 0 Å². The highest BCUT2D eigenvalue weighted by Gasteiger charge is 2.28. The van der Waals surface area contributed by atoms with Gasteiger partial charge in [0, 0.05) is 11.3 Å². The molecule has 0 aliphatic heterocycles. The third-order valence-corrected chi connectivity index (χ3v) is 2.40. The maximum atomic E-state index is 11.6. The minimum Gasteiger partial charge on any atom is -0.328 e. The van der Waals surface area contributed by atoms with E-state index in [4.69, 9.17) is 5.73 Å². The fraction of sp³-hybridized carbons (Fsp3) is 1.00. The molecule has 1 fully saturated rings. The van der Waals surface area contributed by atoms with E-state index in [2.05, 4.69) is 0 Å². The van der Waals surface area contributed by atoms with E-state index >= 15 is 0 Å². The second-order valence-electron chi connectivity index (χ2n) is 2.25. The summed E-state index contributed by atoms with van der Waals surface area (Å²) in [5.41, 5.74) is 5.39. The van der Waals surface area contributed by atoms with Gasteiger partial charge in [-0.05, 0) is 12.8 Å². The summed E-state index contributed by atoms with van der Waals surface area (Å²) in [6, 6.07) is 0.182. The summed E-state index contributed by atoms with van der Waals surface area (Å²) in [5, 5.41) is 0.125. The molecule has 0 radical (unpaired) electrons. The molecule has 1 saturated carbocycles. The first kappa shape index (κ1) is 10.5. The van der Waals surface area contributed by atoms with Crippen molar-refractivity contribution in [3.63, 3.8) is 0 Å². The molecule has 0 aromatic heterocycles. The molecule has 1 aliphatic rings. The highest BCUT2D eigenvalue weighted by molar-refractivity contribution is 8.00. The van der Waals surface area contributed by atoms with E-state index in [9.17, 15) is 8.78 Å². The first-order valence-electron chi connectivity index (χ1n) is 2.87. The van der Waals surface area contributed by atoms with Crippen LogP contribution in [0.4, 0.5) is 8.78 Å². The Balaban J connectivity index is 0.000000810. The van der Waals surface area contributed by atoms with Crippen molar-refractivity contribution in [2.75, 3.05) is 0 Å². The van der Waals surface area contributed by atoms with Crippen molar-refractivity contribution >= 4 is 24.2 Å². The van der Waals surface area contributed by atoms with Gasteiger partial charge in [-0.15, -0.1) is 12.4 Å². The van der Waals surface area contributed by atoms with Crippen LogP contribution in [0.2, 0.25) is 0 Å². The molecule has 0 atom stereocenters. The lowest BCUT2D eigenvalue weighted by Crippen LogP contribution is -2.38. The molecule has 10 heavy (non-hydrogen) atoms. The minimum absolute atomic E-state index is 0. The van der Waals surface area contributed by atoms with Crippen molar-refractivity contribution in [1.29, 1.82) is 0 Å². The van der Waals surface area contributed by atoms with E-state index in [0.717, 1.165) is 24.6 Å². The standard InChI is InChI=1S/C5H9F2NS.ClH/c6-5(7)9-4-1-3(8)2-4;/h3-5H,1-2,8H2;1H. The predicted molar refractivity (Wildman–Crippen MR) is 41.8 cm³/mol. The van der Waals surface area contributed by atoms with Gasteiger partial charge in [0.15, 0.2) is 0 Å². The summed E-state index contributed by atoms with van der Waals surface area (Å²) in [4.78, 5) is 0. The van der Waals surface area contributed by atoms with Crippen LogP contribution in [0.25, 0.3) is 0 Å². The van der Waals surface area contributed by atoms with Crippen molar-refractivity contribution in [3.8, 4) is 0 Å². The molecular weight excluding hydrogens is 180 g/mol. The smallest absolute Gasteiger partial charge is 0.284 e. The average molecular weight is 190 g/mol. The molecule has 5 heteroatoms. The van der Waals surface area contributed by atoms with Crippen molar-refractivity contribution < 1.29 is 8.78 Å². The van der Waals surface area contributed by atoms with Crippen molar-refractivity contribution in [1.82, 2.24) is 0 Å². The first-order valence-corrected chi connectivity index (χ1v) is 3.82. The number of halogens is 3. The maximum absolute atomic E-state index is 11.6. The molecule has 0 unspecified atom stereocenters. The van der Waals surface area contributed by atoms with Gasteiger partial charge in [0.1, 0.15) is 0 Å². The molecule has 62 valence electrons. The number of hydrogen-bond donors (Lipinski definition) is 1. The van der Waals surface area contributed by atoms with Crippen LogP contribution in [0.3, 0.4) is 0 Å². The van der Waals surface area contributed by atoms with Crippen molar-refractivity contribution in [2.45, 2.75) is 29.9 Å². The Hall–Kier alpha value is 0.460. The van der Waals surface area contributed by atoms with E-state index in [1.54, 1.807) is 0 Å². The monoisotopic (exact) mass is 189 g/mol. The van der Waals surface area contributed by atoms with E-state index in [0.29, 0.717) is 0 Å². The van der Waals surface area contributed by atoms with Crippen LogP contribution in [0.15, 0.2) is 0 Å². The van der Waals surface area contributed by atoms with Gasteiger partial charge in [0.2, 0.25) is 0 Å². The number of nitrogens with two attached hydrogens (primary N) is 1. The SMILES string of the molecule is Cl.NC1CC(SC(F)F)C1. The normalized spacial score (nSPS) is 31.2. The van der Waals surface area contributed by atoms with Gasteiger partial charge in [0.25, 0.3) is 5.76 Å². The second kappa shape index (κ2) is 4.36. The molecule has 1 aliphatic carbocycles. The van der Waals surface area contributed by atoms with E-state index < -0.39 is 5.76 Å². The minimum atomic E-state index is -2.22. The molecule has 0 aromatic rings. The lowest BCUT2D eigenvalue weighted by Gasteiger charge is -2.31. The Morgan fingerprint density at radius 3 is 2.20 bits per heavy atom. The first-order chi connectivity index (χ1) is 4.18. The quantitative estimate of drug-likeness (QED) is 0.718. The lowest BCUT2D eigenvalue weighted by molar-refractivity contribution is 0.248. The van der Waals surface area contributed by atoms with Gasteiger partial charge in [-0.1, -0.05) is 11.8 Å². The number of alkyl halides is 2. The summed E-state index contributed by atoms with van der Waals surface area (Å²) in [7, 11) is 0. The summed E-state index contributed by atoms with van der Waals surface area (Å²) < 4.78 is 23.1. The average Bonchev–Trinajstić information content (AvgIpc) is 1.60. The molecule has 1 rings (SSSR count). The van der Waals surface area contributed by atoms with Crippen molar-refractivity contribution in [3.05, 3.63) is 0 Å². The largest absolute Gasteiger partial charge is 0.328 e. The van der Waals surface area contributed by atoms with Gasteiger partial charge in [0.05, 0.1) is 0 Å². The second-order valence-corrected chi connectivity index (χ2v) is 3.55. The summed E-state index contributed by atoms with van der Waals surface area (Å²) in [6.07, 6.45) is 1.52. The number of hydrogen-bond acceptors (Lipinski definition) is 2. The summed E-state index contributed by atoms with van der Waals surface area (Å²) in [6.45, 7) is 0. The summed E-state index contributed by atoms with van der Waals surface area (Å²) in [5.74, 6) is -2.22. The molecule has 0 saturated heterocycles. The van der Waals surface area contributed by atoms with Crippen molar-refractivity contribution in [2.24, 2.45) is 5.73 Å². The van der Waals surface area contributed by atoms with Gasteiger partial charge in [-0.2, -0.15) is 8.78 Å². The Morgan fingerprint density at radius 2 is 1.90 bits per heavy atom. The zero-order valence-corrected chi connectivity index (χ0v) is 6.93. The molecule has 0 amide bonds. The Kier molecular flexibility index (Phi) is 4.56. The molecule has 2 N–H and O–H groups in total. The van der Waals surface area contributed by atoms with E-state index in [-0.39, 0.29) is 23.7 Å². The van der Waals surface area contributed by atoms with Gasteiger partial charge in [-0.3, -0.25) is 0 Å². The van der Waals surface area contributed by atoms with Gasteiger partial charge < -0.3 is 5.73 Å². The number of rotatable bonds is 2. The zero-order chi connectivity index (χ0) is 6.85. The van der Waals surface area contributed by atoms with Crippen LogP contribution >= 0.6 is 24.2 Å². The van der Waals surface area contributed by atoms with E-state index in [1.807, 2.05) is 0 Å². The molecular formula is C5H10ClF2NS.